The number of thiophene rings is 1. The predicted octanol–water partition coefficient (Wildman–Crippen LogP) is 5.42. The van der Waals surface area contributed by atoms with Gasteiger partial charge >= 0.3 is 6.18 Å². The van der Waals surface area contributed by atoms with Crippen LogP contribution in [0.25, 0.3) is 10.2 Å². The summed E-state index contributed by atoms with van der Waals surface area (Å²) >= 11 is 0.979. The van der Waals surface area contributed by atoms with E-state index in [1.165, 1.54) is 6.07 Å². The van der Waals surface area contributed by atoms with Crippen molar-refractivity contribution < 1.29 is 18.0 Å². The molecule has 0 aliphatic rings. The Bertz CT molecular complexity index is 961. The van der Waals surface area contributed by atoms with Gasteiger partial charge in [0.15, 0.2) is 0 Å². The number of carbonyl (C=O) groups is 1. The molecule has 0 saturated heterocycles. The minimum atomic E-state index is -4.51. The van der Waals surface area contributed by atoms with Crippen LogP contribution in [0.1, 0.15) is 45.0 Å². The third kappa shape index (κ3) is 3.58. The molecule has 0 bridgehead atoms. The number of hydrogen-bond donors (Lipinski definition) is 1. The normalized spacial score (nSPS) is 13.0. The molecule has 1 aromatic carbocycles. The van der Waals surface area contributed by atoms with Gasteiger partial charge in [-0.2, -0.15) is 13.2 Å². The highest BCUT2D eigenvalue weighted by Crippen LogP contribution is 2.34. The molecule has 3 nitrogen and oxygen atoms in total. The van der Waals surface area contributed by atoms with Crippen molar-refractivity contribution in [3.05, 3.63) is 63.7 Å². The predicted molar refractivity (Wildman–Crippen MR) is 96.4 cm³/mol. The third-order valence-corrected chi connectivity index (χ3v) is 5.43. The van der Waals surface area contributed by atoms with E-state index in [9.17, 15) is 18.0 Å². The smallest absolute Gasteiger partial charge is 0.345 e. The molecule has 1 amide bonds. The third-order valence-electron chi connectivity index (χ3n) is 4.23. The summed E-state index contributed by atoms with van der Waals surface area (Å²) in [6.07, 6.45) is -4.51. The highest BCUT2D eigenvalue weighted by molar-refractivity contribution is 7.20. The van der Waals surface area contributed by atoms with E-state index in [0.29, 0.717) is 15.8 Å². The Morgan fingerprint density at radius 1 is 1.12 bits per heavy atom. The van der Waals surface area contributed by atoms with Crippen molar-refractivity contribution in [2.45, 2.75) is 33.0 Å². The second-order valence-electron chi connectivity index (χ2n) is 6.21. The summed E-state index contributed by atoms with van der Waals surface area (Å²) in [6, 6.07) is 9.91. The minimum Gasteiger partial charge on any atom is -0.345 e. The average molecular weight is 378 g/mol. The van der Waals surface area contributed by atoms with Crippen LogP contribution in [0.3, 0.4) is 0 Å². The molecule has 0 fully saturated rings. The van der Waals surface area contributed by atoms with Crippen LogP contribution >= 0.6 is 11.3 Å². The molecule has 3 aromatic rings. The molecule has 2 heterocycles. The monoisotopic (exact) mass is 378 g/mol. The fourth-order valence-corrected chi connectivity index (χ4v) is 3.76. The number of aryl methyl sites for hydroxylation is 2. The van der Waals surface area contributed by atoms with Gasteiger partial charge in [-0.05, 0) is 44.0 Å². The number of nitrogens with one attached hydrogen (secondary N) is 1. The zero-order chi connectivity index (χ0) is 19.1. The Morgan fingerprint density at radius 3 is 2.38 bits per heavy atom. The zero-order valence-corrected chi connectivity index (χ0v) is 15.3. The molecule has 2 aromatic heterocycles. The van der Waals surface area contributed by atoms with Crippen molar-refractivity contribution in [2.75, 3.05) is 0 Å². The van der Waals surface area contributed by atoms with Gasteiger partial charge in [-0.25, -0.2) is 4.98 Å². The van der Waals surface area contributed by atoms with Crippen LogP contribution in [0.15, 0.2) is 36.4 Å². The van der Waals surface area contributed by atoms with Crippen LogP contribution in [-0.4, -0.2) is 10.9 Å². The lowest BCUT2D eigenvalue weighted by molar-refractivity contribution is -0.140. The molecule has 136 valence electrons. The van der Waals surface area contributed by atoms with Crippen LogP contribution in [0, 0.1) is 13.8 Å². The quantitative estimate of drug-likeness (QED) is 0.661. The maximum absolute atomic E-state index is 12.8. The maximum Gasteiger partial charge on any atom is 0.433 e. The van der Waals surface area contributed by atoms with E-state index in [4.69, 9.17) is 0 Å². The van der Waals surface area contributed by atoms with E-state index in [1.54, 1.807) is 6.92 Å². The SMILES string of the molecule is Cc1ccc(C(C)NC(=O)c2sc3nc(C(F)(F)F)ccc3c2C)cc1. The lowest BCUT2D eigenvalue weighted by Gasteiger charge is -2.14. The van der Waals surface area contributed by atoms with Crippen molar-refractivity contribution in [3.63, 3.8) is 0 Å². The second kappa shape index (κ2) is 6.72. The molecular weight excluding hydrogens is 361 g/mol. The number of benzene rings is 1. The van der Waals surface area contributed by atoms with Crippen molar-refractivity contribution in [3.8, 4) is 0 Å². The number of amides is 1. The lowest BCUT2D eigenvalue weighted by Crippen LogP contribution is -2.26. The summed E-state index contributed by atoms with van der Waals surface area (Å²) in [5, 5.41) is 3.47. The number of pyridine rings is 1. The van der Waals surface area contributed by atoms with Crippen LogP contribution in [-0.2, 0) is 6.18 Å². The number of carbonyl (C=O) groups excluding carboxylic acids is 1. The number of hydrogen-bond acceptors (Lipinski definition) is 3. The van der Waals surface area contributed by atoms with Gasteiger partial charge in [0.1, 0.15) is 10.5 Å². The molecule has 0 spiro atoms. The molecule has 0 aliphatic carbocycles. The van der Waals surface area contributed by atoms with E-state index < -0.39 is 11.9 Å². The van der Waals surface area contributed by atoms with E-state index in [1.807, 2.05) is 38.1 Å². The van der Waals surface area contributed by atoms with Gasteiger partial charge in [-0.15, -0.1) is 11.3 Å². The average Bonchev–Trinajstić information content (AvgIpc) is 2.91. The van der Waals surface area contributed by atoms with E-state index in [-0.39, 0.29) is 16.8 Å². The molecule has 0 aliphatic heterocycles. The molecule has 26 heavy (non-hydrogen) atoms. The van der Waals surface area contributed by atoms with E-state index in [0.717, 1.165) is 28.5 Å². The molecular formula is C19H17F3N2OS. The molecule has 1 N–H and O–H groups in total. The summed E-state index contributed by atoms with van der Waals surface area (Å²) in [4.78, 5) is 16.9. The molecule has 0 radical (unpaired) electrons. The number of fused-ring (bicyclic) bond motifs is 1. The number of aromatic nitrogens is 1. The van der Waals surface area contributed by atoms with Crippen LogP contribution in [0.5, 0.6) is 0 Å². The van der Waals surface area contributed by atoms with Gasteiger partial charge in [-0.1, -0.05) is 29.8 Å². The minimum absolute atomic E-state index is 0.213. The second-order valence-corrected chi connectivity index (χ2v) is 7.21. The van der Waals surface area contributed by atoms with Crippen molar-refractivity contribution in [1.29, 1.82) is 0 Å². The molecule has 0 saturated carbocycles. The van der Waals surface area contributed by atoms with E-state index >= 15 is 0 Å². The Labute approximate surface area is 152 Å². The van der Waals surface area contributed by atoms with Gasteiger partial charge < -0.3 is 5.32 Å². The summed E-state index contributed by atoms with van der Waals surface area (Å²) in [5.41, 5.74) is 1.77. The maximum atomic E-state index is 12.8. The van der Waals surface area contributed by atoms with Gasteiger partial charge in [0.2, 0.25) is 0 Å². The molecule has 7 heteroatoms. The highest BCUT2D eigenvalue weighted by Gasteiger charge is 2.33. The molecule has 3 rings (SSSR count). The zero-order valence-electron chi connectivity index (χ0n) is 14.4. The molecule has 1 unspecified atom stereocenters. The molecule has 1 atom stereocenters. The largest absolute Gasteiger partial charge is 0.433 e. The summed E-state index contributed by atoms with van der Waals surface area (Å²) in [5.74, 6) is -0.313. The number of rotatable bonds is 3. The fourth-order valence-electron chi connectivity index (χ4n) is 2.67. The lowest BCUT2D eigenvalue weighted by atomic mass is 10.1. The van der Waals surface area contributed by atoms with Crippen molar-refractivity contribution in [2.24, 2.45) is 0 Å². The number of alkyl halides is 3. The van der Waals surface area contributed by atoms with Crippen molar-refractivity contribution >= 4 is 27.5 Å². The first-order valence-corrected chi connectivity index (χ1v) is 8.83. The fraction of sp³-hybridized carbons (Fsp3) is 0.263. The Balaban J connectivity index is 1.88. The van der Waals surface area contributed by atoms with Gasteiger partial charge in [-0.3, -0.25) is 4.79 Å². The summed E-state index contributed by atoms with van der Waals surface area (Å²) in [7, 11) is 0. The van der Waals surface area contributed by atoms with Gasteiger partial charge in [0.25, 0.3) is 5.91 Å². The highest BCUT2D eigenvalue weighted by atomic mass is 32.1. The Kier molecular flexibility index (Phi) is 4.75. The number of halogens is 3. The van der Waals surface area contributed by atoms with E-state index in [2.05, 4.69) is 10.3 Å². The van der Waals surface area contributed by atoms with Crippen LogP contribution in [0.4, 0.5) is 13.2 Å². The van der Waals surface area contributed by atoms with Gasteiger partial charge in [0, 0.05) is 5.39 Å². The first-order chi connectivity index (χ1) is 12.2. The topological polar surface area (TPSA) is 42.0 Å². The number of nitrogens with zero attached hydrogens (tertiary/aromatic N) is 1. The Hall–Kier alpha value is -2.41. The van der Waals surface area contributed by atoms with Crippen LogP contribution < -0.4 is 5.32 Å². The van der Waals surface area contributed by atoms with Crippen molar-refractivity contribution in [1.82, 2.24) is 10.3 Å². The standard InChI is InChI=1S/C19H17F3N2OS/c1-10-4-6-13(7-5-10)12(3)23-17(25)16-11(2)14-8-9-15(19(20,21)22)24-18(14)26-16/h4-9,12H,1-3H3,(H,23,25). The first-order valence-electron chi connectivity index (χ1n) is 8.01. The van der Waals surface area contributed by atoms with Gasteiger partial charge in [0.05, 0.1) is 10.9 Å². The first kappa shape index (κ1) is 18.4. The Morgan fingerprint density at radius 2 is 1.77 bits per heavy atom. The summed E-state index contributed by atoms with van der Waals surface area (Å²) < 4.78 is 38.5. The van der Waals surface area contributed by atoms with Crippen LogP contribution in [0.2, 0.25) is 0 Å². The summed E-state index contributed by atoms with van der Waals surface area (Å²) in [6.45, 7) is 5.57.